The maximum Gasteiger partial charge on any atom is 0.228 e. The number of amides is 2. The van der Waals surface area contributed by atoms with Gasteiger partial charge in [0, 0.05) is 39.3 Å². The number of hydrogen-bond acceptors (Lipinski definition) is 5. The summed E-state index contributed by atoms with van der Waals surface area (Å²) >= 11 is 0. The molecule has 0 aliphatic carbocycles. The minimum Gasteiger partial charge on any atom is -0.376 e. The van der Waals surface area contributed by atoms with Gasteiger partial charge in [-0.3, -0.25) is 9.59 Å². The van der Waals surface area contributed by atoms with Crippen LogP contribution in [0.15, 0.2) is 0 Å². The summed E-state index contributed by atoms with van der Waals surface area (Å²) in [5, 5.41) is 9.16. The average Bonchev–Trinajstić information content (AvgIpc) is 3.32. The van der Waals surface area contributed by atoms with E-state index in [9.17, 15) is 9.59 Å². The number of rotatable bonds is 7. The maximum atomic E-state index is 12.7. The molecule has 0 saturated carbocycles. The van der Waals surface area contributed by atoms with E-state index < -0.39 is 5.41 Å². The third-order valence-electron chi connectivity index (χ3n) is 5.29. The summed E-state index contributed by atoms with van der Waals surface area (Å²) in [4.78, 5) is 25.0. The van der Waals surface area contributed by atoms with Crippen LogP contribution in [-0.4, -0.2) is 63.4 Å². The van der Waals surface area contributed by atoms with Crippen molar-refractivity contribution >= 4 is 11.8 Å². The summed E-state index contributed by atoms with van der Waals surface area (Å²) in [6, 6.07) is 0. The lowest BCUT2D eigenvalue weighted by atomic mass is 9.82. The molecular formula is C17H29N3O4. The van der Waals surface area contributed by atoms with Crippen LogP contribution >= 0.6 is 0 Å². The van der Waals surface area contributed by atoms with Crippen molar-refractivity contribution in [1.82, 2.24) is 16.0 Å². The summed E-state index contributed by atoms with van der Waals surface area (Å²) in [6.07, 6.45) is 5.26. The van der Waals surface area contributed by atoms with Crippen LogP contribution in [0.2, 0.25) is 0 Å². The molecule has 0 aromatic carbocycles. The van der Waals surface area contributed by atoms with Gasteiger partial charge in [-0.05, 0) is 38.6 Å². The fourth-order valence-corrected chi connectivity index (χ4v) is 3.77. The minimum atomic E-state index is -0.640. The second-order valence-corrected chi connectivity index (χ2v) is 7.17. The van der Waals surface area contributed by atoms with Crippen molar-refractivity contribution in [2.45, 2.75) is 50.7 Å². The Kier molecular flexibility index (Phi) is 6.08. The molecule has 3 atom stereocenters. The normalized spacial score (nSPS) is 32.8. The van der Waals surface area contributed by atoms with Crippen LogP contribution in [0.4, 0.5) is 0 Å². The molecule has 136 valence electrons. The van der Waals surface area contributed by atoms with Crippen LogP contribution in [-0.2, 0) is 19.1 Å². The molecule has 3 aliphatic rings. The van der Waals surface area contributed by atoms with E-state index in [2.05, 4.69) is 16.0 Å². The van der Waals surface area contributed by atoms with E-state index in [1.54, 1.807) is 0 Å². The lowest BCUT2D eigenvalue weighted by molar-refractivity contribution is -0.136. The highest BCUT2D eigenvalue weighted by molar-refractivity contribution is 5.89. The molecule has 7 nitrogen and oxygen atoms in total. The van der Waals surface area contributed by atoms with Crippen molar-refractivity contribution in [1.29, 1.82) is 0 Å². The van der Waals surface area contributed by atoms with Crippen molar-refractivity contribution in [3.63, 3.8) is 0 Å². The molecule has 3 saturated heterocycles. The highest BCUT2D eigenvalue weighted by Crippen LogP contribution is 2.30. The van der Waals surface area contributed by atoms with Gasteiger partial charge in [0.15, 0.2) is 0 Å². The average molecular weight is 339 g/mol. The summed E-state index contributed by atoms with van der Waals surface area (Å²) in [5.41, 5.74) is -0.640. The summed E-state index contributed by atoms with van der Waals surface area (Å²) in [7, 11) is 0. The number of carbonyl (C=O) groups excluding carboxylic acids is 2. The Labute approximate surface area is 143 Å². The van der Waals surface area contributed by atoms with Crippen molar-refractivity contribution in [2.75, 3.05) is 39.4 Å². The van der Waals surface area contributed by atoms with Gasteiger partial charge < -0.3 is 25.4 Å². The lowest BCUT2D eigenvalue weighted by Gasteiger charge is -2.27. The van der Waals surface area contributed by atoms with Crippen LogP contribution < -0.4 is 16.0 Å². The van der Waals surface area contributed by atoms with Gasteiger partial charge in [-0.2, -0.15) is 0 Å². The van der Waals surface area contributed by atoms with Gasteiger partial charge in [0.05, 0.1) is 17.6 Å². The van der Waals surface area contributed by atoms with Gasteiger partial charge in [0.25, 0.3) is 0 Å². The Hall–Kier alpha value is -1.18. The fraction of sp³-hybridized carbons (Fsp3) is 0.882. The molecule has 2 amide bonds. The molecule has 0 bridgehead atoms. The summed E-state index contributed by atoms with van der Waals surface area (Å²) in [6.45, 7) is 3.96. The Morgan fingerprint density at radius 1 is 1.04 bits per heavy atom. The predicted octanol–water partition coefficient (Wildman–Crippen LogP) is -0.0534. The SMILES string of the molecule is O=C(CC1(C(=O)NCC2CCCO2)CCNC1)NCC1CCCO1. The van der Waals surface area contributed by atoms with E-state index in [0.29, 0.717) is 26.1 Å². The third-order valence-corrected chi connectivity index (χ3v) is 5.29. The molecule has 3 N–H and O–H groups in total. The second kappa shape index (κ2) is 8.27. The Morgan fingerprint density at radius 3 is 2.25 bits per heavy atom. The molecular weight excluding hydrogens is 310 g/mol. The zero-order chi connectivity index (χ0) is 16.8. The number of nitrogens with one attached hydrogen (secondary N) is 3. The molecule has 0 radical (unpaired) electrons. The molecule has 0 spiro atoms. The van der Waals surface area contributed by atoms with Crippen molar-refractivity contribution in [3.05, 3.63) is 0 Å². The zero-order valence-corrected chi connectivity index (χ0v) is 14.3. The first-order chi connectivity index (χ1) is 11.7. The van der Waals surface area contributed by atoms with Crippen molar-refractivity contribution in [3.8, 4) is 0 Å². The monoisotopic (exact) mass is 339 g/mol. The first kappa shape index (κ1) is 17.6. The fourth-order valence-electron chi connectivity index (χ4n) is 3.77. The molecule has 0 aromatic heterocycles. The Bertz CT molecular complexity index is 439. The van der Waals surface area contributed by atoms with Crippen LogP contribution in [0, 0.1) is 5.41 Å². The molecule has 3 fully saturated rings. The van der Waals surface area contributed by atoms with E-state index in [1.807, 2.05) is 0 Å². The molecule has 24 heavy (non-hydrogen) atoms. The highest BCUT2D eigenvalue weighted by Gasteiger charge is 2.43. The zero-order valence-electron chi connectivity index (χ0n) is 14.3. The molecule has 3 aliphatic heterocycles. The van der Waals surface area contributed by atoms with Crippen LogP contribution in [0.3, 0.4) is 0 Å². The molecule has 3 heterocycles. The largest absolute Gasteiger partial charge is 0.376 e. The second-order valence-electron chi connectivity index (χ2n) is 7.17. The summed E-state index contributed by atoms with van der Waals surface area (Å²) in [5.74, 6) is -0.100. The molecule has 3 unspecified atom stereocenters. The first-order valence-corrected chi connectivity index (χ1v) is 9.17. The Morgan fingerprint density at radius 2 is 1.71 bits per heavy atom. The van der Waals surface area contributed by atoms with Crippen LogP contribution in [0.25, 0.3) is 0 Å². The van der Waals surface area contributed by atoms with Gasteiger partial charge >= 0.3 is 0 Å². The maximum absolute atomic E-state index is 12.7. The van der Waals surface area contributed by atoms with Crippen LogP contribution in [0.5, 0.6) is 0 Å². The number of ether oxygens (including phenoxy) is 2. The molecule has 3 rings (SSSR count). The smallest absolute Gasteiger partial charge is 0.228 e. The van der Waals surface area contributed by atoms with E-state index in [0.717, 1.165) is 45.4 Å². The quantitative estimate of drug-likeness (QED) is 0.605. The minimum absolute atomic E-state index is 0.0322. The highest BCUT2D eigenvalue weighted by atomic mass is 16.5. The van der Waals surface area contributed by atoms with Gasteiger partial charge in [-0.25, -0.2) is 0 Å². The van der Waals surface area contributed by atoms with Gasteiger partial charge in [-0.1, -0.05) is 0 Å². The number of hydrogen-bond donors (Lipinski definition) is 3. The summed E-state index contributed by atoms with van der Waals surface area (Å²) < 4.78 is 11.1. The van der Waals surface area contributed by atoms with Crippen LogP contribution in [0.1, 0.15) is 38.5 Å². The Balaban J connectivity index is 1.47. The number of carbonyl (C=O) groups is 2. The molecule has 0 aromatic rings. The lowest BCUT2D eigenvalue weighted by Crippen LogP contribution is -2.48. The predicted molar refractivity (Wildman–Crippen MR) is 88.5 cm³/mol. The van der Waals surface area contributed by atoms with E-state index >= 15 is 0 Å². The van der Waals surface area contributed by atoms with Crippen molar-refractivity contribution in [2.24, 2.45) is 5.41 Å². The van der Waals surface area contributed by atoms with E-state index in [1.165, 1.54) is 0 Å². The third kappa shape index (κ3) is 4.46. The van der Waals surface area contributed by atoms with Gasteiger partial charge in [-0.15, -0.1) is 0 Å². The first-order valence-electron chi connectivity index (χ1n) is 9.17. The van der Waals surface area contributed by atoms with E-state index in [-0.39, 0.29) is 30.4 Å². The van der Waals surface area contributed by atoms with E-state index in [4.69, 9.17) is 9.47 Å². The topological polar surface area (TPSA) is 88.7 Å². The molecule has 7 heteroatoms. The van der Waals surface area contributed by atoms with Crippen molar-refractivity contribution < 1.29 is 19.1 Å². The van der Waals surface area contributed by atoms with Gasteiger partial charge in [0.1, 0.15) is 0 Å². The standard InChI is InChI=1S/C17H29N3O4/c21-15(19-10-13-3-1-7-23-13)9-17(5-6-18-12-17)16(22)20-11-14-4-2-8-24-14/h13-14,18H,1-12H2,(H,19,21)(H,20,22). The van der Waals surface area contributed by atoms with Gasteiger partial charge in [0.2, 0.25) is 11.8 Å².